The number of hydrogen-bond acceptors (Lipinski definition) is 3. The van der Waals surface area contributed by atoms with Crippen LogP contribution in [-0.4, -0.2) is 0 Å². The van der Waals surface area contributed by atoms with Crippen molar-refractivity contribution in [3.63, 3.8) is 0 Å². The molecule has 1 unspecified atom stereocenters. The van der Waals surface area contributed by atoms with Gasteiger partial charge in [-0.2, -0.15) is 0 Å². The highest BCUT2D eigenvalue weighted by atomic mass is 32.1. The summed E-state index contributed by atoms with van der Waals surface area (Å²) >= 11 is 3.82. The molecule has 3 heteroatoms. The summed E-state index contributed by atoms with van der Waals surface area (Å²) in [5, 5.41) is 7.80. The molecule has 3 heterocycles. The third-order valence-corrected chi connectivity index (χ3v) is 12.9. The second-order valence-corrected chi connectivity index (χ2v) is 15.2. The molecule has 1 aliphatic carbocycles. The van der Waals surface area contributed by atoms with Gasteiger partial charge in [-0.25, -0.2) is 0 Å². The zero-order chi connectivity index (χ0) is 31.3. The van der Waals surface area contributed by atoms with Gasteiger partial charge in [0.25, 0.3) is 0 Å². The van der Waals surface area contributed by atoms with Crippen molar-refractivity contribution < 1.29 is 4.42 Å². The van der Waals surface area contributed by atoms with Crippen LogP contribution in [0.25, 0.3) is 84.5 Å². The Kier molecular flexibility index (Phi) is 5.66. The molecule has 0 amide bonds. The molecule has 1 nitrogen and oxygen atoms in total. The second-order valence-electron chi connectivity index (χ2n) is 13.1. The lowest BCUT2D eigenvalue weighted by molar-refractivity contribution is 0.667. The Morgan fingerprint density at radius 2 is 1.19 bits per heavy atom. The molecule has 0 bridgehead atoms. The van der Waals surface area contributed by atoms with Crippen molar-refractivity contribution in [2.75, 3.05) is 0 Å². The molecule has 0 aliphatic heterocycles. The second kappa shape index (κ2) is 10.1. The van der Waals surface area contributed by atoms with Gasteiger partial charge in [0.15, 0.2) is 0 Å². The first-order chi connectivity index (χ1) is 23.8. The van der Waals surface area contributed by atoms with E-state index in [1.54, 1.807) is 0 Å². The molecule has 10 aromatic rings. The lowest BCUT2D eigenvalue weighted by atomic mass is 9.89. The van der Waals surface area contributed by atoms with Crippen LogP contribution < -0.4 is 0 Å². The topological polar surface area (TPSA) is 13.1 Å². The third-order valence-electron chi connectivity index (χ3n) is 10.5. The largest absolute Gasteiger partial charge is 0.456 e. The zero-order valence-corrected chi connectivity index (χ0v) is 27.6. The minimum absolute atomic E-state index is 0.367. The summed E-state index contributed by atoms with van der Waals surface area (Å²) in [6.45, 7) is 0. The van der Waals surface area contributed by atoms with Crippen LogP contribution in [-0.2, 0) is 6.42 Å². The fraction of sp³-hybridized carbons (Fsp3) is 0.0667. The van der Waals surface area contributed by atoms with Crippen LogP contribution in [0.15, 0.2) is 144 Å². The maximum absolute atomic E-state index is 6.62. The first-order valence-electron chi connectivity index (χ1n) is 16.7. The van der Waals surface area contributed by atoms with E-state index in [-0.39, 0.29) is 0 Å². The summed E-state index contributed by atoms with van der Waals surface area (Å²) in [5.41, 5.74) is 11.5. The third kappa shape index (κ3) is 3.77. The van der Waals surface area contributed by atoms with Crippen molar-refractivity contribution in [2.45, 2.75) is 18.8 Å². The molecule has 0 saturated heterocycles. The average molecular weight is 649 g/mol. The van der Waals surface area contributed by atoms with Crippen LogP contribution in [0.2, 0.25) is 0 Å². The Labute approximate surface area is 285 Å². The van der Waals surface area contributed by atoms with E-state index in [0.717, 1.165) is 24.0 Å². The molecule has 7 aromatic carbocycles. The normalized spacial score (nSPS) is 14.2. The van der Waals surface area contributed by atoms with Crippen LogP contribution in [0.5, 0.6) is 0 Å². The summed E-state index contributed by atoms with van der Waals surface area (Å²) in [6, 6.07) is 51.5. The molecule has 11 rings (SSSR count). The predicted octanol–water partition coefficient (Wildman–Crippen LogP) is 13.7. The van der Waals surface area contributed by atoms with Crippen molar-refractivity contribution >= 4 is 85.0 Å². The first-order valence-corrected chi connectivity index (χ1v) is 18.3. The Morgan fingerprint density at radius 3 is 2.10 bits per heavy atom. The van der Waals surface area contributed by atoms with Gasteiger partial charge in [-0.15, -0.1) is 22.7 Å². The van der Waals surface area contributed by atoms with Gasteiger partial charge in [0, 0.05) is 57.0 Å². The molecular formula is C45H28OS2. The summed E-state index contributed by atoms with van der Waals surface area (Å²) in [4.78, 5) is 0. The number of benzene rings is 7. The number of aryl methyl sites for hydroxylation is 1. The summed E-state index contributed by atoms with van der Waals surface area (Å²) in [5.74, 6) is 0.367. The Morgan fingerprint density at radius 1 is 0.479 bits per heavy atom. The van der Waals surface area contributed by atoms with Gasteiger partial charge < -0.3 is 4.42 Å². The number of thiophene rings is 2. The quantitative estimate of drug-likeness (QED) is 0.185. The van der Waals surface area contributed by atoms with Crippen molar-refractivity contribution in [1.82, 2.24) is 0 Å². The molecule has 0 saturated carbocycles. The van der Waals surface area contributed by atoms with Gasteiger partial charge in [0.1, 0.15) is 11.2 Å². The molecule has 1 aliphatic rings. The SMILES string of the molecule is c1ccc2c(c1)-c1ccc3c(sc4ccccc43)c1C2CCc1ccc2c(c1)oc1cccc(-c3cccc4sc5ccccc5c34)c12. The van der Waals surface area contributed by atoms with Crippen LogP contribution in [0.4, 0.5) is 0 Å². The fourth-order valence-electron chi connectivity index (χ4n) is 8.45. The predicted molar refractivity (Wildman–Crippen MR) is 207 cm³/mol. The van der Waals surface area contributed by atoms with Gasteiger partial charge in [-0.3, -0.25) is 0 Å². The number of fused-ring (bicyclic) bond motifs is 13. The molecule has 48 heavy (non-hydrogen) atoms. The van der Waals surface area contributed by atoms with Crippen molar-refractivity contribution in [1.29, 1.82) is 0 Å². The van der Waals surface area contributed by atoms with Gasteiger partial charge in [-0.1, -0.05) is 109 Å². The highest BCUT2D eigenvalue weighted by Gasteiger charge is 2.31. The number of furan rings is 1. The summed E-state index contributed by atoms with van der Waals surface area (Å²) in [6.07, 6.45) is 2.04. The van der Waals surface area contributed by atoms with Gasteiger partial charge in [-0.05, 0) is 82.1 Å². The molecule has 0 fully saturated rings. The van der Waals surface area contributed by atoms with E-state index < -0.39 is 0 Å². The van der Waals surface area contributed by atoms with Gasteiger partial charge >= 0.3 is 0 Å². The Balaban J connectivity index is 1.01. The van der Waals surface area contributed by atoms with E-state index in [4.69, 9.17) is 4.42 Å². The van der Waals surface area contributed by atoms with Crippen molar-refractivity contribution in [3.05, 3.63) is 156 Å². The molecule has 0 N–H and O–H groups in total. The zero-order valence-electron chi connectivity index (χ0n) is 26.0. The number of hydrogen-bond donors (Lipinski definition) is 0. The maximum atomic E-state index is 6.62. The molecular weight excluding hydrogens is 621 g/mol. The van der Waals surface area contributed by atoms with Crippen LogP contribution in [0.1, 0.15) is 29.0 Å². The van der Waals surface area contributed by atoms with E-state index in [1.807, 2.05) is 22.7 Å². The van der Waals surface area contributed by atoms with Crippen molar-refractivity contribution in [2.24, 2.45) is 0 Å². The minimum Gasteiger partial charge on any atom is -0.456 e. The molecule has 1 atom stereocenters. The van der Waals surface area contributed by atoms with Crippen LogP contribution in [0.3, 0.4) is 0 Å². The number of rotatable bonds is 4. The maximum Gasteiger partial charge on any atom is 0.136 e. The lowest BCUT2D eigenvalue weighted by Crippen LogP contribution is -1.99. The van der Waals surface area contributed by atoms with E-state index in [2.05, 4.69) is 140 Å². The highest BCUT2D eigenvalue weighted by molar-refractivity contribution is 7.26. The monoisotopic (exact) mass is 648 g/mol. The smallest absolute Gasteiger partial charge is 0.136 e. The standard InChI is InChI=1S/C45H28OS2/c1-2-10-28-27(9-1)32(44-33(28)23-24-34-29-11-3-5-16-39(29)48-45(34)44)21-19-26-20-22-35-38(25-26)46-37-15-7-13-30(42(35)37)31-14-8-18-41-43(31)36-12-4-6-17-40(36)47-41/h1-18,20,22-25,32H,19,21H2. The average Bonchev–Trinajstić information content (AvgIpc) is 3.89. The van der Waals surface area contributed by atoms with Gasteiger partial charge in [0.05, 0.1) is 0 Å². The van der Waals surface area contributed by atoms with E-state index in [1.165, 1.54) is 90.1 Å². The van der Waals surface area contributed by atoms with Crippen LogP contribution in [0, 0.1) is 0 Å². The first kappa shape index (κ1) is 26.8. The Bertz CT molecular complexity index is 2920. The molecule has 3 aromatic heterocycles. The Hall–Kier alpha value is -5.22. The highest BCUT2D eigenvalue weighted by Crippen LogP contribution is 2.52. The molecule has 226 valence electrons. The minimum atomic E-state index is 0.367. The lowest BCUT2D eigenvalue weighted by Gasteiger charge is -2.15. The molecule has 0 radical (unpaired) electrons. The van der Waals surface area contributed by atoms with Crippen LogP contribution >= 0.6 is 22.7 Å². The summed E-state index contributed by atoms with van der Waals surface area (Å²) in [7, 11) is 0. The van der Waals surface area contributed by atoms with E-state index in [0.29, 0.717) is 5.92 Å². The van der Waals surface area contributed by atoms with E-state index in [9.17, 15) is 0 Å². The fourth-order valence-corrected chi connectivity index (χ4v) is 10.9. The summed E-state index contributed by atoms with van der Waals surface area (Å²) < 4.78 is 12.1. The van der Waals surface area contributed by atoms with E-state index >= 15 is 0 Å². The molecule has 0 spiro atoms. The van der Waals surface area contributed by atoms with Crippen molar-refractivity contribution in [3.8, 4) is 22.3 Å². The van der Waals surface area contributed by atoms with Gasteiger partial charge in [0.2, 0.25) is 0 Å².